The summed E-state index contributed by atoms with van der Waals surface area (Å²) in [5.74, 6) is 0. The molecule has 0 fully saturated rings. The molecule has 1 heterocycles. The van der Waals surface area contributed by atoms with Crippen molar-refractivity contribution in [1.29, 1.82) is 0 Å². The number of hydrogen-bond donors (Lipinski definition) is 0. The molecule has 0 amide bonds. The molecule has 0 saturated carbocycles. The lowest BCUT2D eigenvalue weighted by molar-refractivity contribution is 0.687. The Labute approximate surface area is 123 Å². The second kappa shape index (κ2) is 6.25. The summed E-state index contributed by atoms with van der Waals surface area (Å²) >= 11 is 9.96. The molecule has 2 nitrogen and oxygen atoms in total. The normalized spacial score (nSPS) is 20.7. The molecule has 4 heteroatoms. The lowest BCUT2D eigenvalue weighted by Gasteiger charge is -2.07. The van der Waals surface area contributed by atoms with Crippen molar-refractivity contribution >= 4 is 27.5 Å². The maximum Gasteiger partial charge on any atom is 0.0766 e. The molecule has 0 aromatic carbocycles. The predicted molar refractivity (Wildman–Crippen MR) is 80.2 cm³/mol. The number of rotatable bonds is 3. The average Bonchev–Trinajstić information content (AvgIpc) is 2.53. The molecule has 1 aromatic heterocycles. The molecular formula is C14H20BrClN2. The Morgan fingerprint density at radius 3 is 2.94 bits per heavy atom. The van der Waals surface area contributed by atoms with E-state index in [1.807, 2.05) is 11.7 Å². The van der Waals surface area contributed by atoms with Crippen LogP contribution in [0.2, 0.25) is 0 Å². The molecule has 1 atom stereocenters. The van der Waals surface area contributed by atoms with Gasteiger partial charge in [-0.1, -0.05) is 25.0 Å². The summed E-state index contributed by atoms with van der Waals surface area (Å²) in [7, 11) is 2.02. The minimum absolute atomic E-state index is 0.208. The van der Waals surface area contributed by atoms with E-state index in [9.17, 15) is 0 Å². The van der Waals surface area contributed by atoms with Crippen molar-refractivity contribution in [2.75, 3.05) is 0 Å². The first-order valence-electron chi connectivity index (χ1n) is 6.65. The number of nitrogens with zero attached hydrogens (tertiary/aromatic N) is 2. The third-order valence-electron chi connectivity index (χ3n) is 3.54. The van der Waals surface area contributed by atoms with E-state index in [1.165, 1.54) is 35.0 Å². The van der Waals surface area contributed by atoms with Crippen LogP contribution in [0.5, 0.6) is 0 Å². The fraction of sp³-hybridized carbons (Fsp3) is 0.643. The van der Waals surface area contributed by atoms with E-state index >= 15 is 0 Å². The third-order valence-corrected chi connectivity index (χ3v) is 4.80. The molecule has 2 rings (SSSR count). The number of aryl methyl sites for hydroxylation is 2. The van der Waals surface area contributed by atoms with E-state index < -0.39 is 0 Å². The van der Waals surface area contributed by atoms with E-state index in [4.69, 9.17) is 11.6 Å². The van der Waals surface area contributed by atoms with Gasteiger partial charge in [-0.15, -0.1) is 11.6 Å². The fourth-order valence-electron chi connectivity index (χ4n) is 2.49. The zero-order valence-corrected chi connectivity index (χ0v) is 13.4. The largest absolute Gasteiger partial charge is 0.271 e. The Hall–Kier alpha value is -0.280. The molecule has 0 saturated heterocycles. The van der Waals surface area contributed by atoms with Gasteiger partial charge in [-0.05, 0) is 41.6 Å². The quantitative estimate of drug-likeness (QED) is 0.593. The highest BCUT2D eigenvalue weighted by molar-refractivity contribution is 9.10. The van der Waals surface area contributed by atoms with Gasteiger partial charge in [-0.25, -0.2) is 0 Å². The Balaban J connectivity index is 2.20. The van der Waals surface area contributed by atoms with Gasteiger partial charge >= 0.3 is 0 Å². The van der Waals surface area contributed by atoms with Gasteiger partial charge in [0, 0.05) is 13.5 Å². The van der Waals surface area contributed by atoms with Gasteiger partial charge in [-0.2, -0.15) is 5.10 Å². The number of allylic oxidation sites excluding steroid dienone is 2. The Morgan fingerprint density at radius 1 is 1.50 bits per heavy atom. The molecule has 18 heavy (non-hydrogen) atoms. The van der Waals surface area contributed by atoms with Crippen molar-refractivity contribution in [3.8, 4) is 0 Å². The summed E-state index contributed by atoms with van der Waals surface area (Å²) in [6.07, 6.45) is 8.95. The smallest absolute Gasteiger partial charge is 0.0766 e. The Morgan fingerprint density at radius 2 is 2.28 bits per heavy atom. The van der Waals surface area contributed by atoms with Crippen LogP contribution >= 0.6 is 27.5 Å². The minimum atomic E-state index is 0.208. The number of hydrogen-bond acceptors (Lipinski definition) is 1. The average molecular weight is 332 g/mol. The molecule has 1 unspecified atom stereocenters. The maximum atomic E-state index is 6.28. The van der Waals surface area contributed by atoms with Crippen LogP contribution < -0.4 is 0 Å². The molecule has 0 radical (unpaired) electrons. The van der Waals surface area contributed by atoms with Crippen LogP contribution in [0.25, 0.3) is 0 Å². The van der Waals surface area contributed by atoms with Gasteiger partial charge in [0.15, 0.2) is 0 Å². The zero-order valence-electron chi connectivity index (χ0n) is 11.0. The van der Waals surface area contributed by atoms with E-state index in [2.05, 4.69) is 34.0 Å². The first kappa shape index (κ1) is 14.1. The van der Waals surface area contributed by atoms with Gasteiger partial charge in [0.2, 0.25) is 0 Å². The number of alkyl halides is 1. The topological polar surface area (TPSA) is 17.8 Å². The van der Waals surface area contributed by atoms with Crippen LogP contribution in [-0.2, 0) is 19.9 Å². The molecule has 1 aromatic rings. The second-order valence-electron chi connectivity index (χ2n) is 4.95. The standard InChI is InChI=1S/C14H20BrClN2/c1-3-12-14(15)13(18(2)17-12)9-10-6-4-5-7-11(16)8-10/h8,11H,3-7,9H2,1-2H3. The Bertz CT molecular complexity index is 451. The summed E-state index contributed by atoms with van der Waals surface area (Å²) in [6.45, 7) is 2.14. The lowest BCUT2D eigenvalue weighted by atomic mass is 10.0. The van der Waals surface area contributed by atoms with Crippen molar-refractivity contribution in [3.05, 3.63) is 27.5 Å². The second-order valence-corrected chi connectivity index (χ2v) is 6.30. The van der Waals surface area contributed by atoms with Crippen molar-refractivity contribution < 1.29 is 0 Å². The van der Waals surface area contributed by atoms with E-state index in [0.717, 1.165) is 25.0 Å². The molecule has 1 aliphatic rings. The molecular weight excluding hydrogens is 312 g/mol. The van der Waals surface area contributed by atoms with Crippen LogP contribution in [-0.4, -0.2) is 15.2 Å². The predicted octanol–water partition coefficient (Wildman–Crippen LogP) is 4.40. The summed E-state index contributed by atoms with van der Waals surface area (Å²) < 4.78 is 3.17. The zero-order chi connectivity index (χ0) is 13.1. The van der Waals surface area contributed by atoms with Crippen molar-refractivity contribution in [2.24, 2.45) is 7.05 Å². The highest BCUT2D eigenvalue weighted by atomic mass is 79.9. The highest BCUT2D eigenvalue weighted by Crippen LogP contribution is 2.28. The minimum Gasteiger partial charge on any atom is -0.271 e. The van der Waals surface area contributed by atoms with Gasteiger partial charge < -0.3 is 0 Å². The van der Waals surface area contributed by atoms with Crippen LogP contribution in [0, 0.1) is 0 Å². The van der Waals surface area contributed by atoms with Gasteiger partial charge in [0.05, 0.1) is 21.2 Å². The monoisotopic (exact) mass is 330 g/mol. The van der Waals surface area contributed by atoms with Crippen molar-refractivity contribution in [3.63, 3.8) is 0 Å². The van der Waals surface area contributed by atoms with Crippen molar-refractivity contribution in [2.45, 2.75) is 50.8 Å². The lowest BCUT2D eigenvalue weighted by Crippen LogP contribution is -2.02. The first-order valence-corrected chi connectivity index (χ1v) is 7.88. The summed E-state index contributed by atoms with van der Waals surface area (Å²) in [5, 5.41) is 4.75. The molecule has 0 aliphatic heterocycles. The molecule has 0 bridgehead atoms. The highest BCUT2D eigenvalue weighted by Gasteiger charge is 2.16. The summed E-state index contributed by atoms with van der Waals surface area (Å²) in [5.41, 5.74) is 3.87. The van der Waals surface area contributed by atoms with E-state index in [1.54, 1.807) is 0 Å². The van der Waals surface area contributed by atoms with Crippen LogP contribution in [0.3, 0.4) is 0 Å². The van der Waals surface area contributed by atoms with E-state index in [-0.39, 0.29) is 5.38 Å². The molecule has 0 N–H and O–H groups in total. The van der Waals surface area contributed by atoms with E-state index in [0.29, 0.717) is 0 Å². The Kier molecular flexibility index (Phi) is 4.91. The van der Waals surface area contributed by atoms with Gasteiger partial charge in [0.1, 0.15) is 0 Å². The third kappa shape index (κ3) is 3.18. The summed E-state index contributed by atoms with van der Waals surface area (Å²) in [6, 6.07) is 0. The van der Waals surface area contributed by atoms with Crippen LogP contribution in [0.15, 0.2) is 16.1 Å². The van der Waals surface area contributed by atoms with Gasteiger partial charge in [-0.3, -0.25) is 4.68 Å². The number of halogens is 2. The first-order chi connectivity index (χ1) is 8.61. The van der Waals surface area contributed by atoms with Crippen molar-refractivity contribution in [1.82, 2.24) is 9.78 Å². The van der Waals surface area contributed by atoms with Crippen LogP contribution in [0.1, 0.15) is 44.0 Å². The van der Waals surface area contributed by atoms with Gasteiger partial charge in [0.25, 0.3) is 0 Å². The molecule has 1 aliphatic carbocycles. The SMILES string of the molecule is CCc1nn(C)c(CC2=CC(Cl)CCCC2)c1Br. The fourth-order valence-corrected chi connectivity index (χ4v) is 3.58. The maximum absolute atomic E-state index is 6.28. The molecule has 100 valence electrons. The summed E-state index contributed by atoms with van der Waals surface area (Å²) in [4.78, 5) is 0. The number of aromatic nitrogens is 2. The molecule has 0 spiro atoms. The van der Waals surface area contributed by atoms with Crippen LogP contribution in [0.4, 0.5) is 0 Å².